The van der Waals surface area contributed by atoms with Gasteiger partial charge in [0, 0.05) is 59.8 Å². The molecular formula is C17H37N3O11. The third-order valence-corrected chi connectivity index (χ3v) is 2.15. The van der Waals surface area contributed by atoms with Crippen molar-refractivity contribution in [2.45, 2.75) is 65.6 Å². The Morgan fingerprint density at radius 2 is 0.806 bits per heavy atom. The van der Waals surface area contributed by atoms with Gasteiger partial charge in [-0.2, -0.15) is 0 Å². The van der Waals surface area contributed by atoms with Crippen molar-refractivity contribution in [3.8, 4) is 0 Å². The molecular weight excluding hydrogens is 422 g/mol. The van der Waals surface area contributed by atoms with E-state index in [4.69, 9.17) is 61.0 Å². The summed E-state index contributed by atoms with van der Waals surface area (Å²) in [4.78, 5) is 45.0. The van der Waals surface area contributed by atoms with Crippen molar-refractivity contribution in [3.63, 3.8) is 0 Å². The number of carboxylic acid groups (broad SMARTS) is 5. The van der Waals surface area contributed by atoms with Crippen LogP contribution in [-0.4, -0.2) is 91.8 Å². The van der Waals surface area contributed by atoms with Crippen LogP contribution in [-0.2, 0) is 24.0 Å². The first-order chi connectivity index (χ1) is 13.9. The lowest BCUT2D eigenvalue weighted by molar-refractivity contribution is -0.135. The number of nitrogens with one attached hydrogen (secondary N) is 1. The number of hydrogen-bond acceptors (Lipinski definition) is 9. The Balaban J connectivity index is -0.0000000958. The van der Waals surface area contributed by atoms with Crippen molar-refractivity contribution in [1.82, 2.24) is 5.32 Å². The first-order valence-corrected chi connectivity index (χ1v) is 8.74. The fraction of sp³-hybridized carbons (Fsp3) is 0.706. The Kier molecular flexibility index (Phi) is 34.0. The summed E-state index contributed by atoms with van der Waals surface area (Å²) in [6.45, 7) is 6.57. The fourth-order valence-corrected chi connectivity index (χ4v) is 1.55. The maximum atomic E-state index is 9.36. The van der Waals surface area contributed by atoms with Crippen LogP contribution in [0.1, 0.15) is 47.5 Å². The molecule has 0 aromatic rings. The average molecular weight is 459 g/mol. The van der Waals surface area contributed by atoms with E-state index in [1.165, 1.54) is 0 Å². The molecule has 0 saturated carbocycles. The number of aliphatic hydroxyl groups excluding tert-OH is 1. The Morgan fingerprint density at radius 3 is 0.935 bits per heavy atom. The molecule has 0 aliphatic carbocycles. The molecule has 1 fully saturated rings. The van der Waals surface area contributed by atoms with E-state index in [2.05, 4.69) is 5.32 Å². The summed E-state index contributed by atoms with van der Waals surface area (Å²) < 4.78 is 0. The van der Waals surface area contributed by atoms with Crippen LogP contribution in [0.4, 0.5) is 0 Å². The summed E-state index contributed by atoms with van der Waals surface area (Å²) in [5.74, 6) is -4.17. The highest BCUT2D eigenvalue weighted by Crippen LogP contribution is 2.11. The molecule has 186 valence electrons. The molecule has 0 aromatic carbocycles. The van der Waals surface area contributed by atoms with Crippen LogP contribution in [0.5, 0.6) is 0 Å². The van der Waals surface area contributed by atoms with Gasteiger partial charge in [-0.15, -0.1) is 0 Å². The second kappa shape index (κ2) is 27.2. The summed E-state index contributed by atoms with van der Waals surface area (Å²) in [6, 6.07) is 0.486. The smallest absolute Gasteiger partial charge is 0.300 e. The monoisotopic (exact) mass is 459 g/mol. The van der Waals surface area contributed by atoms with E-state index < -0.39 is 29.8 Å². The van der Waals surface area contributed by atoms with E-state index in [1.54, 1.807) is 0 Å². The predicted molar refractivity (Wildman–Crippen MR) is 111 cm³/mol. The zero-order chi connectivity index (χ0) is 26.2. The Labute approximate surface area is 180 Å². The van der Waals surface area contributed by atoms with Crippen LogP contribution >= 0.6 is 0 Å². The molecule has 0 radical (unpaired) electrons. The van der Waals surface area contributed by atoms with Gasteiger partial charge in [-0.1, -0.05) is 0 Å². The van der Waals surface area contributed by atoms with Crippen LogP contribution < -0.4 is 16.8 Å². The van der Waals surface area contributed by atoms with Crippen LogP contribution in [0.15, 0.2) is 0 Å². The summed E-state index contributed by atoms with van der Waals surface area (Å²) in [5.41, 5.74) is 10.9. The summed E-state index contributed by atoms with van der Waals surface area (Å²) in [5, 5.41) is 49.7. The van der Waals surface area contributed by atoms with Crippen molar-refractivity contribution in [1.29, 1.82) is 0 Å². The highest BCUT2D eigenvalue weighted by atomic mass is 16.4. The zero-order valence-corrected chi connectivity index (χ0v) is 18.4. The molecule has 1 heterocycles. The molecule has 0 aromatic heterocycles. The topological polar surface area (TPSA) is 271 Å². The van der Waals surface area contributed by atoms with E-state index in [-0.39, 0.29) is 18.2 Å². The molecule has 2 unspecified atom stereocenters. The number of piperidine rings is 1. The zero-order valence-electron chi connectivity index (χ0n) is 18.4. The minimum atomic E-state index is -0.833. The van der Waals surface area contributed by atoms with Gasteiger partial charge in [0.15, 0.2) is 0 Å². The predicted octanol–water partition coefficient (Wildman–Crippen LogP) is -1.16. The Morgan fingerprint density at radius 1 is 0.645 bits per heavy atom. The molecule has 14 nitrogen and oxygen atoms in total. The van der Waals surface area contributed by atoms with Crippen molar-refractivity contribution in [2.24, 2.45) is 11.5 Å². The number of nitrogens with two attached hydrogens (primary N) is 2. The molecule has 1 aliphatic heterocycles. The van der Waals surface area contributed by atoms with Crippen LogP contribution in [0.2, 0.25) is 0 Å². The Hall–Kier alpha value is -2.81. The number of carboxylic acids is 5. The van der Waals surface area contributed by atoms with Gasteiger partial charge >= 0.3 is 0 Å². The minimum absolute atomic E-state index is 0.224. The average Bonchev–Trinajstić information content (AvgIpc) is 2.51. The summed E-state index contributed by atoms with van der Waals surface area (Å²) >= 11 is 0. The lowest BCUT2D eigenvalue weighted by atomic mass is 9.96. The third-order valence-electron chi connectivity index (χ3n) is 2.15. The molecule has 1 aliphatic rings. The highest BCUT2D eigenvalue weighted by molar-refractivity contribution is 5.63. The highest BCUT2D eigenvalue weighted by Gasteiger charge is 2.24. The van der Waals surface area contributed by atoms with Crippen molar-refractivity contribution in [3.05, 3.63) is 0 Å². The van der Waals surface area contributed by atoms with Gasteiger partial charge in [-0.25, -0.2) is 0 Å². The van der Waals surface area contributed by atoms with E-state index in [0.29, 0.717) is 13.1 Å². The summed E-state index contributed by atoms with van der Waals surface area (Å²) in [6.07, 6.45) is 1.29. The number of aliphatic carboxylic acids is 5. The van der Waals surface area contributed by atoms with Crippen LogP contribution in [0.25, 0.3) is 0 Å². The normalized spacial score (nSPS) is 17.9. The van der Waals surface area contributed by atoms with Gasteiger partial charge in [0.1, 0.15) is 0 Å². The lowest BCUT2D eigenvalue weighted by Crippen LogP contribution is -2.53. The first kappa shape index (κ1) is 38.8. The van der Waals surface area contributed by atoms with Gasteiger partial charge in [0.25, 0.3) is 29.8 Å². The quantitative estimate of drug-likeness (QED) is 0.235. The van der Waals surface area contributed by atoms with Gasteiger partial charge in [-0.3, -0.25) is 24.0 Å². The van der Waals surface area contributed by atoms with Gasteiger partial charge < -0.3 is 47.4 Å². The number of hydrogen-bond donors (Lipinski definition) is 9. The molecule has 11 N–H and O–H groups in total. The SMILES string of the molecule is CC(=O)O.CC(=O)O.CC(=O)O.CC(=O)O.CC(=O)O.NCC1CC(O)CC(CN)N1. The standard InChI is InChI=1S/C7H17N3O.5C2H4O2/c8-3-5-1-7(11)2-6(4-9)10-5;5*1-2(3)4/h5-7,10-11H,1-4,8-9H2;5*1H3,(H,3,4). The lowest BCUT2D eigenvalue weighted by Gasteiger charge is -2.32. The second-order valence-electron chi connectivity index (χ2n) is 5.75. The molecule has 14 heteroatoms. The van der Waals surface area contributed by atoms with Crippen molar-refractivity contribution in [2.75, 3.05) is 13.1 Å². The number of aliphatic hydroxyl groups is 1. The van der Waals surface area contributed by atoms with E-state index in [0.717, 1.165) is 47.5 Å². The van der Waals surface area contributed by atoms with Crippen molar-refractivity contribution < 1.29 is 54.6 Å². The first-order valence-electron chi connectivity index (χ1n) is 8.74. The third kappa shape index (κ3) is 99.2. The molecule has 0 bridgehead atoms. The second-order valence-corrected chi connectivity index (χ2v) is 5.75. The fourth-order valence-electron chi connectivity index (χ4n) is 1.55. The summed E-state index contributed by atoms with van der Waals surface area (Å²) in [7, 11) is 0. The van der Waals surface area contributed by atoms with Crippen LogP contribution in [0.3, 0.4) is 0 Å². The largest absolute Gasteiger partial charge is 0.481 e. The minimum Gasteiger partial charge on any atom is -0.481 e. The van der Waals surface area contributed by atoms with Crippen LogP contribution in [0, 0.1) is 0 Å². The van der Waals surface area contributed by atoms with E-state index in [1.807, 2.05) is 0 Å². The Bertz CT molecular complexity index is 400. The molecule has 31 heavy (non-hydrogen) atoms. The van der Waals surface area contributed by atoms with E-state index >= 15 is 0 Å². The van der Waals surface area contributed by atoms with Crippen molar-refractivity contribution >= 4 is 29.8 Å². The molecule has 1 rings (SSSR count). The maximum absolute atomic E-state index is 9.36. The molecule has 1 saturated heterocycles. The molecule has 0 spiro atoms. The molecule has 0 amide bonds. The molecule has 2 atom stereocenters. The maximum Gasteiger partial charge on any atom is 0.300 e. The number of rotatable bonds is 2. The van der Waals surface area contributed by atoms with Gasteiger partial charge in [0.2, 0.25) is 0 Å². The number of carbonyl (C=O) groups is 5. The van der Waals surface area contributed by atoms with E-state index in [9.17, 15) is 5.11 Å². The van der Waals surface area contributed by atoms with Gasteiger partial charge in [0.05, 0.1) is 6.10 Å². The van der Waals surface area contributed by atoms with Gasteiger partial charge in [-0.05, 0) is 12.8 Å².